The van der Waals surface area contributed by atoms with Crippen LogP contribution in [0.15, 0.2) is 42.5 Å². The van der Waals surface area contributed by atoms with Gasteiger partial charge in [-0.1, -0.05) is 35.4 Å². The average Bonchev–Trinajstić information content (AvgIpc) is 2.41. The maximum atomic E-state index is 12.4. The number of ketones is 1. The molecular formula is C16H16ClNO. The maximum Gasteiger partial charge on any atom is 0.169 e. The lowest BCUT2D eigenvalue weighted by Crippen LogP contribution is -2.07. The van der Waals surface area contributed by atoms with Crippen LogP contribution in [0.1, 0.15) is 21.5 Å². The molecule has 0 aromatic heterocycles. The van der Waals surface area contributed by atoms with Crippen molar-refractivity contribution >= 4 is 23.1 Å². The molecule has 0 atom stereocenters. The number of hydrogen-bond donors (Lipinski definition) is 1. The van der Waals surface area contributed by atoms with Crippen LogP contribution in [0.3, 0.4) is 0 Å². The summed E-state index contributed by atoms with van der Waals surface area (Å²) in [6, 6.07) is 13.2. The van der Waals surface area contributed by atoms with E-state index in [1.165, 1.54) is 0 Å². The van der Waals surface area contributed by atoms with Gasteiger partial charge in [0.05, 0.1) is 0 Å². The van der Waals surface area contributed by atoms with Crippen LogP contribution in [0.5, 0.6) is 0 Å². The summed E-state index contributed by atoms with van der Waals surface area (Å²) < 4.78 is 0. The number of halogens is 1. The number of aryl methyl sites for hydroxylation is 1. The van der Waals surface area contributed by atoms with Crippen LogP contribution >= 0.6 is 11.6 Å². The van der Waals surface area contributed by atoms with Gasteiger partial charge in [0.15, 0.2) is 5.78 Å². The molecule has 0 fully saturated rings. The Morgan fingerprint density at radius 3 is 2.47 bits per heavy atom. The van der Waals surface area contributed by atoms with E-state index in [1.807, 2.05) is 44.3 Å². The smallest absolute Gasteiger partial charge is 0.169 e. The standard InChI is InChI=1S/C16H16ClNO/c1-11-3-8-15(18-2)14(9-11)16(19)10-12-4-6-13(17)7-5-12/h3-9,18H,10H2,1-2H3. The molecule has 0 aliphatic carbocycles. The lowest BCUT2D eigenvalue weighted by atomic mass is 10.00. The molecule has 19 heavy (non-hydrogen) atoms. The Bertz CT molecular complexity index is 590. The second-order valence-electron chi connectivity index (χ2n) is 4.53. The van der Waals surface area contributed by atoms with Crippen LogP contribution in [0.4, 0.5) is 5.69 Å². The fourth-order valence-electron chi connectivity index (χ4n) is 1.99. The summed E-state index contributed by atoms with van der Waals surface area (Å²) in [5, 5.41) is 3.74. The number of anilines is 1. The second kappa shape index (κ2) is 5.89. The number of rotatable bonds is 4. The van der Waals surface area contributed by atoms with Crippen molar-refractivity contribution in [3.63, 3.8) is 0 Å². The Labute approximate surface area is 118 Å². The van der Waals surface area contributed by atoms with E-state index in [2.05, 4.69) is 5.32 Å². The van der Waals surface area contributed by atoms with Crippen molar-refractivity contribution in [3.8, 4) is 0 Å². The van der Waals surface area contributed by atoms with Crippen molar-refractivity contribution in [1.29, 1.82) is 0 Å². The summed E-state index contributed by atoms with van der Waals surface area (Å²) in [5.74, 6) is 0.107. The molecule has 0 aliphatic heterocycles. The highest BCUT2D eigenvalue weighted by Gasteiger charge is 2.11. The van der Waals surface area contributed by atoms with Crippen molar-refractivity contribution in [2.75, 3.05) is 12.4 Å². The number of Topliss-reactive ketones (excluding diaryl/α,β-unsaturated/α-hetero) is 1. The van der Waals surface area contributed by atoms with Crippen molar-refractivity contribution in [3.05, 3.63) is 64.2 Å². The van der Waals surface area contributed by atoms with Gasteiger partial charge in [-0.15, -0.1) is 0 Å². The van der Waals surface area contributed by atoms with E-state index in [0.717, 1.165) is 22.4 Å². The third-order valence-corrected chi connectivity index (χ3v) is 3.27. The minimum atomic E-state index is 0.107. The van der Waals surface area contributed by atoms with Gasteiger partial charge in [-0.2, -0.15) is 0 Å². The van der Waals surface area contributed by atoms with Gasteiger partial charge < -0.3 is 5.32 Å². The van der Waals surface area contributed by atoms with Gasteiger partial charge in [0, 0.05) is 29.7 Å². The molecule has 1 N–H and O–H groups in total. The van der Waals surface area contributed by atoms with Gasteiger partial charge in [-0.3, -0.25) is 4.79 Å². The van der Waals surface area contributed by atoms with Crippen molar-refractivity contribution in [2.24, 2.45) is 0 Å². The van der Waals surface area contributed by atoms with E-state index in [-0.39, 0.29) is 5.78 Å². The predicted molar refractivity (Wildman–Crippen MR) is 80.2 cm³/mol. The fraction of sp³-hybridized carbons (Fsp3) is 0.188. The Morgan fingerprint density at radius 2 is 1.84 bits per heavy atom. The zero-order valence-corrected chi connectivity index (χ0v) is 11.8. The molecule has 98 valence electrons. The van der Waals surface area contributed by atoms with Crippen LogP contribution in [-0.2, 0) is 6.42 Å². The third kappa shape index (κ3) is 3.36. The first-order chi connectivity index (χ1) is 9.10. The predicted octanol–water partition coefficient (Wildman–Crippen LogP) is 4.12. The molecule has 0 radical (unpaired) electrons. The zero-order chi connectivity index (χ0) is 13.8. The molecule has 2 rings (SSSR count). The van der Waals surface area contributed by atoms with Gasteiger partial charge in [0.1, 0.15) is 0 Å². The minimum Gasteiger partial charge on any atom is -0.388 e. The molecule has 2 nitrogen and oxygen atoms in total. The molecule has 2 aromatic carbocycles. The lowest BCUT2D eigenvalue weighted by molar-refractivity contribution is 0.0993. The molecule has 3 heteroatoms. The lowest BCUT2D eigenvalue weighted by Gasteiger charge is -2.09. The average molecular weight is 274 g/mol. The summed E-state index contributed by atoms with van der Waals surface area (Å²) in [5.41, 5.74) is 3.65. The second-order valence-corrected chi connectivity index (χ2v) is 4.96. The van der Waals surface area contributed by atoms with Crippen molar-refractivity contribution in [2.45, 2.75) is 13.3 Å². The van der Waals surface area contributed by atoms with Gasteiger partial charge in [-0.25, -0.2) is 0 Å². The quantitative estimate of drug-likeness (QED) is 0.849. The van der Waals surface area contributed by atoms with Crippen molar-refractivity contribution < 1.29 is 4.79 Å². The third-order valence-electron chi connectivity index (χ3n) is 3.02. The molecule has 0 saturated carbocycles. The van der Waals surface area contributed by atoms with E-state index in [4.69, 9.17) is 11.6 Å². The number of hydrogen-bond acceptors (Lipinski definition) is 2. The van der Waals surface area contributed by atoms with E-state index in [9.17, 15) is 4.79 Å². The fourth-order valence-corrected chi connectivity index (χ4v) is 2.12. The number of carbonyl (C=O) groups is 1. The molecule has 2 aromatic rings. The Morgan fingerprint density at radius 1 is 1.16 bits per heavy atom. The summed E-state index contributed by atoms with van der Waals surface area (Å²) in [4.78, 5) is 12.4. The minimum absolute atomic E-state index is 0.107. The maximum absolute atomic E-state index is 12.4. The highest BCUT2D eigenvalue weighted by molar-refractivity contribution is 6.30. The molecule has 0 spiro atoms. The van der Waals surface area contributed by atoms with Crippen LogP contribution in [0, 0.1) is 6.92 Å². The van der Waals surface area contributed by atoms with Crippen LogP contribution in [-0.4, -0.2) is 12.8 Å². The molecule has 0 heterocycles. The Balaban J connectivity index is 2.24. The van der Waals surface area contributed by atoms with Crippen LogP contribution in [0.2, 0.25) is 5.02 Å². The molecule has 0 saturated heterocycles. The van der Waals surface area contributed by atoms with Gasteiger partial charge in [-0.05, 0) is 36.8 Å². The van der Waals surface area contributed by atoms with Gasteiger partial charge >= 0.3 is 0 Å². The first kappa shape index (κ1) is 13.6. The van der Waals surface area contributed by atoms with Crippen LogP contribution in [0.25, 0.3) is 0 Å². The van der Waals surface area contributed by atoms with Crippen molar-refractivity contribution in [1.82, 2.24) is 0 Å². The first-order valence-electron chi connectivity index (χ1n) is 6.16. The van der Waals surface area contributed by atoms with Gasteiger partial charge in [0.2, 0.25) is 0 Å². The molecule has 0 amide bonds. The van der Waals surface area contributed by atoms with E-state index >= 15 is 0 Å². The summed E-state index contributed by atoms with van der Waals surface area (Å²) in [6.07, 6.45) is 0.384. The van der Waals surface area contributed by atoms with E-state index < -0.39 is 0 Å². The summed E-state index contributed by atoms with van der Waals surface area (Å²) in [6.45, 7) is 1.98. The zero-order valence-electron chi connectivity index (χ0n) is 11.0. The molecule has 0 aliphatic rings. The van der Waals surface area contributed by atoms with E-state index in [1.54, 1.807) is 12.1 Å². The number of benzene rings is 2. The normalized spacial score (nSPS) is 10.3. The first-order valence-corrected chi connectivity index (χ1v) is 6.54. The highest BCUT2D eigenvalue weighted by atomic mass is 35.5. The number of nitrogens with one attached hydrogen (secondary N) is 1. The summed E-state index contributed by atoms with van der Waals surface area (Å²) in [7, 11) is 1.82. The molecule has 0 unspecified atom stereocenters. The molecular weight excluding hydrogens is 258 g/mol. The topological polar surface area (TPSA) is 29.1 Å². The largest absolute Gasteiger partial charge is 0.388 e. The highest BCUT2D eigenvalue weighted by Crippen LogP contribution is 2.20. The SMILES string of the molecule is CNc1ccc(C)cc1C(=O)Cc1ccc(Cl)cc1. The molecule has 0 bridgehead atoms. The number of carbonyl (C=O) groups excluding carboxylic acids is 1. The Kier molecular flexibility index (Phi) is 4.23. The van der Waals surface area contributed by atoms with Crippen LogP contribution < -0.4 is 5.32 Å². The Hall–Kier alpha value is -1.80. The summed E-state index contributed by atoms with van der Waals surface area (Å²) >= 11 is 5.84. The monoisotopic (exact) mass is 273 g/mol. The van der Waals surface area contributed by atoms with Gasteiger partial charge in [0.25, 0.3) is 0 Å². The van der Waals surface area contributed by atoms with E-state index in [0.29, 0.717) is 11.4 Å².